The van der Waals surface area contributed by atoms with Crippen molar-refractivity contribution >= 4 is 17.4 Å². The van der Waals surface area contributed by atoms with Crippen LogP contribution in [-0.4, -0.2) is 28.5 Å². The Kier molecular flexibility index (Phi) is 6.53. The van der Waals surface area contributed by atoms with E-state index in [1.807, 2.05) is 43.3 Å². The Labute approximate surface area is 173 Å². The van der Waals surface area contributed by atoms with Gasteiger partial charge in [-0.15, -0.1) is 0 Å². The van der Waals surface area contributed by atoms with Crippen LogP contribution in [0.1, 0.15) is 31.2 Å². The lowest BCUT2D eigenvalue weighted by molar-refractivity contribution is -0.117. The summed E-state index contributed by atoms with van der Waals surface area (Å²) in [4.78, 5) is 41.3. The number of hydrogen-bond acceptors (Lipinski definition) is 6. The number of carbonyl (C=O) groups excluding carboxylic acids is 1. The molecule has 30 heavy (non-hydrogen) atoms. The molecular weight excluding hydrogens is 386 g/mol. The molecule has 0 aliphatic heterocycles. The van der Waals surface area contributed by atoms with Crippen molar-refractivity contribution in [1.82, 2.24) is 14.9 Å². The topological polar surface area (TPSA) is 126 Å². The van der Waals surface area contributed by atoms with Gasteiger partial charge in [0, 0.05) is 6.54 Å². The van der Waals surface area contributed by atoms with E-state index >= 15 is 0 Å². The van der Waals surface area contributed by atoms with E-state index in [0.717, 1.165) is 5.56 Å². The maximum Gasteiger partial charge on any atom is 0.330 e. The first-order valence-electron chi connectivity index (χ1n) is 9.66. The van der Waals surface area contributed by atoms with E-state index < -0.39 is 11.2 Å². The Balaban J connectivity index is 1.86. The van der Waals surface area contributed by atoms with Crippen LogP contribution in [-0.2, 0) is 11.3 Å². The molecule has 9 nitrogen and oxygen atoms in total. The van der Waals surface area contributed by atoms with Crippen molar-refractivity contribution in [2.24, 2.45) is 0 Å². The molecule has 0 bridgehead atoms. The summed E-state index contributed by atoms with van der Waals surface area (Å²) in [6.07, 6.45) is 1.56. The van der Waals surface area contributed by atoms with E-state index in [4.69, 9.17) is 10.2 Å². The second-order valence-corrected chi connectivity index (χ2v) is 6.82. The molecule has 0 radical (unpaired) electrons. The molecular formula is C21H25N5O4. The summed E-state index contributed by atoms with van der Waals surface area (Å²) in [6.45, 7) is 3.96. The molecule has 3 aromatic rings. The second-order valence-electron chi connectivity index (χ2n) is 6.82. The van der Waals surface area contributed by atoms with Gasteiger partial charge in [0.15, 0.2) is 5.69 Å². The van der Waals surface area contributed by atoms with Crippen molar-refractivity contribution < 1.29 is 9.21 Å². The molecule has 9 heteroatoms. The van der Waals surface area contributed by atoms with Gasteiger partial charge in [-0.2, -0.15) is 0 Å². The molecule has 1 atom stereocenters. The van der Waals surface area contributed by atoms with Gasteiger partial charge in [-0.1, -0.05) is 30.3 Å². The van der Waals surface area contributed by atoms with Crippen molar-refractivity contribution in [3.63, 3.8) is 0 Å². The van der Waals surface area contributed by atoms with Gasteiger partial charge in [-0.3, -0.25) is 24.5 Å². The van der Waals surface area contributed by atoms with Crippen LogP contribution in [0.5, 0.6) is 0 Å². The standard InChI is InChI=1S/C21H25N5O4/c1-3-25(17(27)12-23-14(2)16-10-7-11-30-16)18-19(22)26(21(29)24-20(18)28)13-15-8-5-4-6-9-15/h4-11,14,23H,3,12-13,22H2,1-2H3,(H,24,28,29)/t14-/m1/s1. The van der Waals surface area contributed by atoms with Gasteiger partial charge in [-0.25, -0.2) is 4.79 Å². The first-order valence-corrected chi connectivity index (χ1v) is 9.66. The SMILES string of the molecule is CCN(C(=O)CN[C@H](C)c1ccco1)c1c(N)n(Cc2ccccc2)c(=O)[nH]c1=O. The highest BCUT2D eigenvalue weighted by Gasteiger charge is 2.23. The van der Waals surface area contributed by atoms with E-state index in [1.54, 1.807) is 19.3 Å². The molecule has 0 unspecified atom stereocenters. The maximum atomic E-state index is 12.8. The van der Waals surface area contributed by atoms with Crippen LogP contribution in [0.2, 0.25) is 0 Å². The van der Waals surface area contributed by atoms with Crippen LogP contribution in [0.4, 0.5) is 11.5 Å². The molecule has 3 rings (SSSR count). The summed E-state index contributed by atoms with van der Waals surface area (Å²) in [5.41, 5.74) is 5.67. The van der Waals surface area contributed by atoms with Crippen LogP contribution in [0.25, 0.3) is 0 Å². The van der Waals surface area contributed by atoms with Crippen molar-refractivity contribution in [2.75, 3.05) is 23.7 Å². The largest absolute Gasteiger partial charge is 0.468 e. The van der Waals surface area contributed by atoms with Crippen LogP contribution in [0.3, 0.4) is 0 Å². The fraction of sp³-hybridized carbons (Fsp3) is 0.286. The summed E-state index contributed by atoms with van der Waals surface area (Å²) in [6, 6.07) is 12.6. The Morgan fingerprint density at radius 2 is 1.97 bits per heavy atom. The lowest BCUT2D eigenvalue weighted by Gasteiger charge is -2.24. The summed E-state index contributed by atoms with van der Waals surface area (Å²) >= 11 is 0. The zero-order chi connectivity index (χ0) is 21.7. The van der Waals surface area contributed by atoms with Gasteiger partial charge >= 0.3 is 5.69 Å². The number of nitrogen functional groups attached to an aromatic ring is 1. The number of rotatable bonds is 8. The molecule has 0 saturated heterocycles. The van der Waals surface area contributed by atoms with Gasteiger partial charge in [0.1, 0.15) is 11.6 Å². The second kappa shape index (κ2) is 9.27. The number of carbonyl (C=O) groups is 1. The van der Waals surface area contributed by atoms with E-state index in [1.165, 1.54) is 9.47 Å². The predicted octanol–water partition coefficient (Wildman–Crippen LogP) is 1.46. The number of amides is 1. The zero-order valence-electron chi connectivity index (χ0n) is 16.9. The number of nitrogens with zero attached hydrogens (tertiary/aromatic N) is 2. The summed E-state index contributed by atoms with van der Waals surface area (Å²) in [7, 11) is 0. The monoisotopic (exact) mass is 411 g/mol. The van der Waals surface area contributed by atoms with Gasteiger partial charge < -0.3 is 15.1 Å². The molecule has 0 spiro atoms. The highest BCUT2D eigenvalue weighted by molar-refractivity contribution is 5.96. The lowest BCUT2D eigenvalue weighted by atomic mass is 10.2. The third kappa shape index (κ3) is 4.52. The highest BCUT2D eigenvalue weighted by atomic mass is 16.3. The number of benzene rings is 1. The number of likely N-dealkylation sites (N-methyl/N-ethyl adjacent to an activating group) is 1. The molecule has 0 fully saturated rings. The highest BCUT2D eigenvalue weighted by Crippen LogP contribution is 2.18. The quantitative estimate of drug-likeness (QED) is 0.515. The molecule has 1 aromatic carbocycles. The molecule has 158 valence electrons. The minimum absolute atomic E-state index is 0.0353. The average molecular weight is 411 g/mol. The number of H-pyrrole nitrogens is 1. The number of nitrogens with two attached hydrogens (primary N) is 1. The van der Waals surface area contributed by atoms with Gasteiger partial charge in [0.2, 0.25) is 5.91 Å². The first kappa shape index (κ1) is 21.1. The van der Waals surface area contributed by atoms with Crippen LogP contribution >= 0.6 is 0 Å². The summed E-state index contributed by atoms with van der Waals surface area (Å²) < 4.78 is 6.57. The predicted molar refractivity (Wildman–Crippen MR) is 114 cm³/mol. The Morgan fingerprint density at radius 1 is 1.23 bits per heavy atom. The first-order chi connectivity index (χ1) is 14.4. The minimum atomic E-state index is -0.698. The molecule has 0 saturated carbocycles. The Bertz CT molecular complexity index is 1100. The van der Waals surface area contributed by atoms with E-state index in [2.05, 4.69) is 10.3 Å². The van der Waals surface area contributed by atoms with E-state index in [9.17, 15) is 14.4 Å². The van der Waals surface area contributed by atoms with Crippen molar-refractivity contribution in [3.8, 4) is 0 Å². The van der Waals surface area contributed by atoms with Crippen molar-refractivity contribution in [1.29, 1.82) is 0 Å². The number of aromatic amines is 1. The molecule has 4 N–H and O–H groups in total. The van der Waals surface area contributed by atoms with Crippen LogP contribution < -0.4 is 27.2 Å². The van der Waals surface area contributed by atoms with E-state index in [-0.39, 0.29) is 43.1 Å². The smallest absolute Gasteiger partial charge is 0.330 e. The third-order valence-electron chi connectivity index (χ3n) is 4.81. The number of hydrogen-bond donors (Lipinski definition) is 3. The van der Waals surface area contributed by atoms with Crippen LogP contribution in [0, 0.1) is 0 Å². The van der Waals surface area contributed by atoms with E-state index in [0.29, 0.717) is 5.76 Å². The minimum Gasteiger partial charge on any atom is -0.468 e. The van der Waals surface area contributed by atoms with Gasteiger partial charge in [-0.05, 0) is 31.5 Å². The fourth-order valence-electron chi connectivity index (χ4n) is 3.19. The maximum absolute atomic E-state index is 12.8. The average Bonchev–Trinajstić information content (AvgIpc) is 3.28. The summed E-state index contributed by atoms with van der Waals surface area (Å²) in [5, 5.41) is 3.07. The Hall–Kier alpha value is -3.59. The molecule has 0 aliphatic rings. The number of aromatic nitrogens is 2. The van der Waals surface area contributed by atoms with Gasteiger partial charge in [0.25, 0.3) is 5.56 Å². The third-order valence-corrected chi connectivity index (χ3v) is 4.81. The normalized spacial score (nSPS) is 11.9. The van der Waals surface area contributed by atoms with Crippen LogP contribution in [0.15, 0.2) is 62.7 Å². The zero-order valence-corrected chi connectivity index (χ0v) is 16.9. The van der Waals surface area contributed by atoms with Crippen molar-refractivity contribution in [2.45, 2.75) is 26.4 Å². The molecule has 0 aliphatic carbocycles. The van der Waals surface area contributed by atoms with Gasteiger partial charge in [0.05, 0.1) is 25.4 Å². The number of furan rings is 1. The Morgan fingerprint density at radius 3 is 2.60 bits per heavy atom. The molecule has 2 aromatic heterocycles. The number of anilines is 2. The lowest BCUT2D eigenvalue weighted by Crippen LogP contribution is -2.44. The molecule has 1 amide bonds. The van der Waals surface area contributed by atoms with Crippen molar-refractivity contribution in [3.05, 3.63) is 80.9 Å². The fourth-order valence-corrected chi connectivity index (χ4v) is 3.19. The summed E-state index contributed by atoms with van der Waals surface area (Å²) in [5.74, 6) is 0.291. The molecule has 2 heterocycles. The number of nitrogens with one attached hydrogen (secondary N) is 2.